The van der Waals surface area contributed by atoms with Crippen molar-refractivity contribution in [2.24, 2.45) is 0 Å². The molecule has 0 aliphatic carbocycles. The van der Waals surface area contributed by atoms with Crippen molar-refractivity contribution in [1.82, 2.24) is 20.2 Å². The SMILES string of the molecule is Cc1ccc(S(=O)(=O)CCn2nnc(N3CCO[C@H](O[C@H](C)c4cc(C(F)(F)F)cc(C(F)(F)F)c4)[C@@H]3c3ccc(F)cc3)n2)cc1. The minimum absolute atomic E-state index is 0.00929. The summed E-state index contributed by atoms with van der Waals surface area (Å²) in [5.74, 6) is -0.892. The van der Waals surface area contributed by atoms with Crippen LogP contribution in [0.4, 0.5) is 36.7 Å². The summed E-state index contributed by atoms with van der Waals surface area (Å²) in [6.45, 7) is 3.06. The van der Waals surface area contributed by atoms with Crippen molar-refractivity contribution in [1.29, 1.82) is 0 Å². The number of ether oxygens (including phenoxy) is 2. The van der Waals surface area contributed by atoms with Crippen LogP contribution in [0.1, 0.15) is 46.9 Å². The highest BCUT2D eigenvalue weighted by Gasteiger charge is 2.40. The number of tetrazole rings is 1. The Morgan fingerprint density at radius 1 is 0.957 bits per heavy atom. The molecular formula is C30H28F7N5O4S. The first-order chi connectivity index (χ1) is 22.0. The monoisotopic (exact) mass is 687 g/mol. The second-order valence-electron chi connectivity index (χ2n) is 10.9. The third kappa shape index (κ3) is 8.08. The molecule has 3 aromatic carbocycles. The number of halogens is 7. The predicted octanol–water partition coefficient (Wildman–Crippen LogP) is 6.31. The maximum Gasteiger partial charge on any atom is 0.416 e. The number of anilines is 1. The molecule has 0 saturated carbocycles. The number of rotatable bonds is 9. The molecular weight excluding hydrogens is 659 g/mol. The number of benzene rings is 3. The molecule has 9 nitrogen and oxygen atoms in total. The average molecular weight is 688 g/mol. The van der Waals surface area contributed by atoms with E-state index < -0.39 is 63.1 Å². The highest BCUT2D eigenvalue weighted by Crippen LogP contribution is 2.40. The minimum Gasteiger partial charge on any atom is -0.348 e. The molecule has 0 amide bonds. The summed E-state index contributed by atoms with van der Waals surface area (Å²) in [6.07, 6.45) is -12.7. The van der Waals surface area contributed by atoms with Gasteiger partial charge in [-0.25, -0.2) is 12.8 Å². The van der Waals surface area contributed by atoms with E-state index in [0.29, 0.717) is 17.7 Å². The molecule has 1 fully saturated rings. The number of aromatic nitrogens is 4. The first-order valence-corrected chi connectivity index (χ1v) is 15.8. The van der Waals surface area contributed by atoms with Crippen molar-refractivity contribution >= 4 is 15.8 Å². The van der Waals surface area contributed by atoms with Gasteiger partial charge in [-0.15, -0.1) is 5.10 Å². The van der Waals surface area contributed by atoms with Crippen molar-refractivity contribution in [2.45, 2.75) is 56.1 Å². The van der Waals surface area contributed by atoms with Crippen LogP contribution in [0.5, 0.6) is 0 Å². The Labute approximate surface area is 264 Å². The molecule has 17 heteroatoms. The molecule has 2 heterocycles. The number of morpholine rings is 1. The van der Waals surface area contributed by atoms with Crippen LogP contribution in [-0.4, -0.2) is 53.8 Å². The lowest BCUT2D eigenvalue weighted by Crippen LogP contribution is -2.47. The summed E-state index contributed by atoms with van der Waals surface area (Å²) in [5.41, 5.74) is -2.09. The van der Waals surface area contributed by atoms with Crippen LogP contribution in [0.2, 0.25) is 0 Å². The summed E-state index contributed by atoms with van der Waals surface area (Å²) in [4.78, 5) is 2.78. The molecule has 1 aliphatic rings. The Morgan fingerprint density at radius 3 is 2.17 bits per heavy atom. The molecule has 0 spiro atoms. The van der Waals surface area contributed by atoms with Gasteiger partial charge >= 0.3 is 12.4 Å². The third-order valence-corrected chi connectivity index (χ3v) is 9.19. The highest BCUT2D eigenvalue weighted by atomic mass is 32.2. The molecule has 1 aromatic heterocycles. The molecule has 0 N–H and O–H groups in total. The van der Waals surface area contributed by atoms with Crippen LogP contribution in [-0.2, 0) is 38.2 Å². The van der Waals surface area contributed by atoms with E-state index in [1.54, 1.807) is 17.0 Å². The Balaban J connectivity index is 1.41. The number of hydrogen-bond donors (Lipinski definition) is 0. The number of hydrogen-bond acceptors (Lipinski definition) is 8. The van der Waals surface area contributed by atoms with E-state index in [-0.39, 0.29) is 42.4 Å². The van der Waals surface area contributed by atoms with E-state index in [0.717, 1.165) is 22.5 Å². The zero-order valence-corrected chi connectivity index (χ0v) is 25.7. The van der Waals surface area contributed by atoms with Gasteiger partial charge in [-0.1, -0.05) is 34.9 Å². The van der Waals surface area contributed by atoms with Gasteiger partial charge in [0.1, 0.15) is 11.9 Å². The van der Waals surface area contributed by atoms with Gasteiger partial charge in [-0.3, -0.25) is 0 Å². The van der Waals surface area contributed by atoms with Crippen molar-refractivity contribution in [3.8, 4) is 0 Å². The van der Waals surface area contributed by atoms with Crippen LogP contribution in [0.25, 0.3) is 0 Å². The van der Waals surface area contributed by atoms with Crippen molar-refractivity contribution in [3.63, 3.8) is 0 Å². The Hall–Kier alpha value is -4.09. The fourth-order valence-electron chi connectivity index (χ4n) is 4.98. The van der Waals surface area contributed by atoms with E-state index in [1.165, 1.54) is 31.2 Å². The second kappa shape index (κ2) is 13.2. The molecule has 3 atom stereocenters. The van der Waals surface area contributed by atoms with Crippen molar-refractivity contribution in [3.05, 3.63) is 100 Å². The summed E-state index contributed by atoms with van der Waals surface area (Å²) in [7, 11) is -3.68. The van der Waals surface area contributed by atoms with Gasteiger partial charge < -0.3 is 14.4 Å². The van der Waals surface area contributed by atoms with Gasteiger partial charge in [0, 0.05) is 6.54 Å². The molecule has 0 unspecified atom stereocenters. The standard InChI is InChI=1S/C30H28F7N5O4S/c1-18-3-9-25(10-4-18)47(43,44)14-12-42-39-28(38-40-42)41-11-13-45-27(26(41)20-5-7-24(31)8-6-20)46-19(2)21-15-22(29(32,33)34)17-23(16-21)30(35,36)37/h3-10,15-17,19,26-27H,11-14H2,1-2H3/t19-,26+,27-/m1/s1. The van der Waals surface area contributed by atoms with Crippen LogP contribution >= 0.6 is 0 Å². The lowest BCUT2D eigenvalue weighted by molar-refractivity contribution is -0.192. The summed E-state index contributed by atoms with van der Waals surface area (Å²) in [6, 6.07) is 11.7. The van der Waals surface area contributed by atoms with Gasteiger partial charge in [0.05, 0.1) is 41.0 Å². The Kier molecular flexibility index (Phi) is 9.62. The fraction of sp³-hybridized carbons (Fsp3) is 0.367. The van der Waals surface area contributed by atoms with E-state index in [1.807, 2.05) is 6.92 Å². The molecule has 4 aromatic rings. The second-order valence-corrected chi connectivity index (χ2v) is 13.0. The van der Waals surface area contributed by atoms with Crippen LogP contribution in [0.3, 0.4) is 0 Å². The quantitative estimate of drug-likeness (QED) is 0.189. The maximum atomic E-state index is 13.9. The zero-order valence-electron chi connectivity index (χ0n) is 24.8. The van der Waals surface area contributed by atoms with E-state index in [4.69, 9.17) is 9.47 Å². The maximum absolute atomic E-state index is 13.9. The fourth-order valence-corrected chi connectivity index (χ4v) is 6.17. The third-order valence-electron chi connectivity index (χ3n) is 7.48. The van der Waals surface area contributed by atoms with Crippen molar-refractivity contribution in [2.75, 3.05) is 23.8 Å². The van der Waals surface area contributed by atoms with Crippen LogP contribution < -0.4 is 4.90 Å². The van der Waals surface area contributed by atoms with Gasteiger partial charge in [-0.2, -0.15) is 31.1 Å². The lowest BCUT2D eigenvalue weighted by atomic mass is 10.0. The molecule has 0 bridgehead atoms. The van der Waals surface area contributed by atoms with E-state index in [9.17, 15) is 39.2 Å². The summed E-state index contributed by atoms with van der Waals surface area (Å²) in [5, 5.41) is 12.3. The Bertz CT molecular complexity index is 1760. The Morgan fingerprint density at radius 2 is 1.57 bits per heavy atom. The molecule has 252 valence electrons. The largest absolute Gasteiger partial charge is 0.416 e. The minimum atomic E-state index is -5.05. The predicted molar refractivity (Wildman–Crippen MR) is 153 cm³/mol. The summed E-state index contributed by atoms with van der Waals surface area (Å²) < 4.78 is 132. The molecule has 5 rings (SSSR count). The number of nitrogens with zero attached hydrogens (tertiary/aromatic N) is 5. The van der Waals surface area contributed by atoms with E-state index >= 15 is 0 Å². The molecule has 1 saturated heterocycles. The molecule has 47 heavy (non-hydrogen) atoms. The normalized spacial score (nSPS) is 18.4. The molecule has 1 aliphatic heterocycles. The average Bonchev–Trinajstić information content (AvgIpc) is 3.49. The first-order valence-electron chi connectivity index (χ1n) is 14.2. The zero-order chi connectivity index (χ0) is 34.1. The van der Waals surface area contributed by atoms with Gasteiger partial charge in [0.25, 0.3) is 5.95 Å². The molecule has 0 radical (unpaired) electrons. The lowest BCUT2D eigenvalue weighted by Gasteiger charge is -2.41. The topological polar surface area (TPSA) is 99.4 Å². The van der Waals surface area contributed by atoms with Gasteiger partial charge in [0.2, 0.25) is 0 Å². The number of alkyl halides is 6. The van der Waals surface area contributed by atoms with Crippen molar-refractivity contribution < 1.29 is 48.6 Å². The van der Waals surface area contributed by atoms with E-state index in [2.05, 4.69) is 15.4 Å². The van der Waals surface area contributed by atoms with Gasteiger partial charge in [-0.05, 0) is 72.7 Å². The van der Waals surface area contributed by atoms with Crippen LogP contribution in [0, 0.1) is 12.7 Å². The highest BCUT2D eigenvalue weighted by molar-refractivity contribution is 7.91. The first kappa shape index (κ1) is 34.3. The number of sulfone groups is 1. The summed E-state index contributed by atoms with van der Waals surface area (Å²) >= 11 is 0. The smallest absolute Gasteiger partial charge is 0.348 e. The number of aryl methyl sites for hydroxylation is 2. The van der Waals surface area contributed by atoms with Gasteiger partial charge in [0.15, 0.2) is 16.1 Å². The van der Waals surface area contributed by atoms with Crippen LogP contribution in [0.15, 0.2) is 71.6 Å².